The molecule has 0 bridgehead atoms. The Hall–Kier alpha value is -1.04. The van der Waals surface area contributed by atoms with Gasteiger partial charge in [0.05, 0.1) is 6.10 Å². The number of carbonyl (C=O) groups is 2. The minimum absolute atomic E-state index is 0.0578. The number of allylic oxidation sites excluding steroid dienone is 1. The van der Waals surface area contributed by atoms with Crippen LogP contribution in [-0.4, -0.2) is 45.2 Å². The number of ketones is 2. The summed E-state index contributed by atoms with van der Waals surface area (Å²) in [5, 5.41) is 32.2. The SMILES string of the molecule is C[C@@H]1C[C@@H]2[C@@H]3CCC4=CC(=O)CC[C@]4(C)[C@H]3[C@@H](O)C[C@]2(C)[C@@]1(O)C(=O)CO. The number of hydrogen-bond acceptors (Lipinski definition) is 5. The van der Waals surface area contributed by atoms with Gasteiger partial charge in [0.1, 0.15) is 12.2 Å². The van der Waals surface area contributed by atoms with Gasteiger partial charge in [0.15, 0.2) is 11.6 Å². The Bertz CT molecular complexity index is 713. The quantitative estimate of drug-likeness (QED) is 0.685. The van der Waals surface area contributed by atoms with Crippen LogP contribution in [0.3, 0.4) is 0 Å². The highest BCUT2D eigenvalue weighted by Crippen LogP contribution is 2.68. The van der Waals surface area contributed by atoms with Gasteiger partial charge in [-0.2, -0.15) is 0 Å². The van der Waals surface area contributed by atoms with E-state index in [0.29, 0.717) is 12.8 Å². The summed E-state index contributed by atoms with van der Waals surface area (Å²) >= 11 is 0. The highest BCUT2D eigenvalue weighted by Gasteiger charge is 2.70. The van der Waals surface area contributed by atoms with Crippen LogP contribution in [0.4, 0.5) is 0 Å². The minimum Gasteiger partial charge on any atom is -0.393 e. The predicted octanol–water partition coefficient (Wildman–Crippen LogP) is 2.03. The normalized spacial score (nSPS) is 51.9. The second-order valence-electron chi connectivity index (χ2n) is 10.1. The van der Waals surface area contributed by atoms with E-state index in [2.05, 4.69) is 6.92 Å². The van der Waals surface area contributed by atoms with Crippen LogP contribution in [0.1, 0.15) is 59.3 Å². The molecule has 4 aliphatic carbocycles. The van der Waals surface area contributed by atoms with Crippen molar-refractivity contribution in [2.24, 2.45) is 34.5 Å². The van der Waals surface area contributed by atoms with Crippen molar-refractivity contribution >= 4 is 11.6 Å². The van der Waals surface area contributed by atoms with E-state index in [-0.39, 0.29) is 34.9 Å². The number of rotatable bonds is 2. The number of Topliss-reactive ketones (excluding diaryl/α,β-unsaturated/α-hetero) is 1. The molecule has 0 aromatic rings. The molecule has 4 aliphatic rings. The van der Waals surface area contributed by atoms with Gasteiger partial charge in [0.2, 0.25) is 0 Å². The first kappa shape index (κ1) is 19.3. The van der Waals surface area contributed by atoms with E-state index in [0.717, 1.165) is 25.7 Å². The molecule has 27 heavy (non-hydrogen) atoms. The highest BCUT2D eigenvalue weighted by molar-refractivity contribution is 5.92. The van der Waals surface area contributed by atoms with Gasteiger partial charge in [0, 0.05) is 11.8 Å². The van der Waals surface area contributed by atoms with Crippen LogP contribution in [0.15, 0.2) is 11.6 Å². The summed E-state index contributed by atoms with van der Waals surface area (Å²) in [6, 6.07) is 0. The van der Waals surface area contributed by atoms with Crippen molar-refractivity contribution in [2.45, 2.75) is 71.0 Å². The van der Waals surface area contributed by atoms with Crippen LogP contribution in [0.2, 0.25) is 0 Å². The zero-order chi connectivity index (χ0) is 19.8. The Labute approximate surface area is 160 Å². The first-order valence-electron chi connectivity index (χ1n) is 10.4. The average molecular weight is 376 g/mol. The molecule has 0 spiro atoms. The third-order valence-electron chi connectivity index (χ3n) is 9.05. The zero-order valence-electron chi connectivity index (χ0n) is 16.6. The Morgan fingerprint density at radius 2 is 2.00 bits per heavy atom. The molecular weight excluding hydrogens is 344 g/mol. The number of aliphatic hydroxyl groups is 3. The monoisotopic (exact) mass is 376 g/mol. The summed E-state index contributed by atoms with van der Waals surface area (Å²) in [5.74, 6) is -0.155. The maximum Gasteiger partial charge on any atom is 0.190 e. The molecule has 150 valence electrons. The molecule has 0 aliphatic heterocycles. The fourth-order valence-corrected chi connectivity index (χ4v) is 7.74. The van der Waals surface area contributed by atoms with Gasteiger partial charge in [-0.25, -0.2) is 0 Å². The summed E-state index contributed by atoms with van der Waals surface area (Å²) in [7, 11) is 0. The average Bonchev–Trinajstić information content (AvgIpc) is 2.82. The van der Waals surface area contributed by atoms with Gasteiger partial charge in [-0.05, 0) is 67.3 Å². The molecular formula is C22H32O5. The van der Waals surface area contributed by atoms with Crippen molar-refractivity contribution in [1.82, 2.24) is 0 Å². The fourth-order valence-electron chi connectivity index (χ4n) is 7.74. The van der Waals surface area contributed by atoms with Gasteiger partial charge < -0.3 is 15.3 Å². The van der Waals surface area contributed by atoms with Crippen molar-refractivity contribution < 1.29 is 24.9 Å². The van der Waals surface area contributed by atoms with E-state index in [4.69, 9.17) is 0 Å². The van der Waals surface area contributed by atoms with Crippen LogP contribution < -0.4 is 0 Å². The molecule has 0 saturated heterocycles. The molecule has 5 heteroatoms. The summed E-state index contributed by atoms with van der Waals surface area (Å²) < 4.78 is 0. The molecule has 5 nitrogen and oxygen atoms in total. The van der Waals surface area contributed by atoms with Crippen LogP contribution in [0.25, 0.3) is 0 Å². The van der Waals surface area contributed by atoms with Gasteiger partial charge in [-0.1, -0.05) is 26.3 Å². The molecule has 0 heterocycles. The molecule has 0 aromatic carbocycles. The first-order valence-corrected chi connectivity index (χ1v) is 10.4. The van der Waals surface area contributed by atoms with E-state index >= 15 is 0 Å². The van der Waals surface area contributed by atoms with Crippen molar-refractivity contribution in [1.29, 1.82) is 0 Å². The van der Waals surface area contributed by atoms with Crippen molar-refractivity contribution in [2.75, 3.05) is 6.61 Å². The lowest BCUT2D eigenvalue weighted by molar-refractivity contribution is -0.187. The van der Waals surface area contributed by atoms with Gasteiger partial charge in [-0.3, -0.25) is 9.59 Å². The lowest BCUT2D eigenvalue weighted by Gasteiger charge is -2.60. The van der Waals surface area contributed by atoms with Crippen molar-refractivity contribution in [3.8, 4) is 0 Å². The van der Waals surface area contributed by atoms with E-state index in [1.165, 1.54) is 5.57 Å². The third-order valence-corrected chi connectivity index (χ3v) is 9.05. The molecule has 0 unspecified atom stereocenters. The lowest BCUT2D eigenvalue weighted by Crippen LogP contribution is -2.63. The second-order valence-corrected chi connectivity index (χ2v) is 10.1. The largest absolute Gasteiger partial charge is 0.393 e. The summed E-state index contributed by atoms with van der Waals surface area (Å²) in [6.07, 6.45) is 5.32. The van der Waals surface area contributed by atoms with Gasteiger partial charge >= 0.3 is 0 Å². The number of carbonyl (C=O) groups excluding carboxylic acids is 2. The lowest BCUT2D eigenvalue weighted by atomic mass is 9.45. The first-order chi connectivity index (χ1) is 12.6. The van der Waals surface area contributed by atoms with Crippen LogP contribution in [0, 0.1) is 34.5 Å². The summed E-state index contributed by atoms with van der Waals surface area (Å²) in [6.45, 7) is 5.36. The topological polar surface area (TPSA) is 94.8 Å². The fraction of sp³-hybridized carbons (Fsp3) is 0.818. The van der Waals surface area contributed by atoms with Gasteiger partial charge in [0.25, 0.3) is 0 Å². The van der Waals surface area contributed by atoms with Gasteiger partial charge in [-0.15, -0.1) is 0 Å². The summed E-state index contributed by atoms with van der Waals surface area (Å²) in [4.78, 5) is 24.5. The summed E-state index contributed by atoms with van der Waals surface area (Å²) in [5.41, 5.74) is -1.31. The van der Waals surface area contributed by atoms with Crippen molar-refractivity contribution in [3.05, 3.63) is 11.6 Å². The Kier molecular flexibility index (Phi) is 4.27. The smallest absolute Gasteiger partial charge is 0.190 e. The number of aliphatic hydroxyl groups excluding tert-OH is 2. The van der Waals surface area contributed by atoms with E-state index in [1.807, 2.05) is 19.9 Å². The number of fused-ring (bicyclic) bond motifs is 5. The number of hydrogen-bond donors (Lipinski definition) is 3. The second kappa shape index (κ2) is 5.98. The third kappa shape index (κ3) is 2.28. The maximum absolute atomic E-state index is 12.6. The Morgan fingerprint density at radius 1 is 1.30 bits per heavy atom. The standard InChI is InChI=1S/C22H32O5/c1-12-8-16-15-5-4-13-9-14(24)6-7-20(13,2)19(15)17(25)10-21(16,3)22(12,27)18(26)11-23/h9,12,15-17,19,23,25,27H,4-8,10-11H2,1-3H3/t12-,15+,16-,17+,19-,20+,21+,22+/m1/s1. The van der Waals surface area contributed by atoms with E-state index in [9.17, 15) is 24.9 Å². The molecule has 3 N–H and O–H groups in total. The molecule has 4 rings (SSSR count). The predicted molar refractivity (Wildman–Crippen MR) is 99.7 cm³/mol. The van der Waals surface area contributed by atoms with Crippen LogP contribution >= 0.6 is 0 Å². The Morgan fingerprint density at radius 3 is 2.67 bits per heavy atom. The van der Waals surface area contributed by atoms with Crippen LogP contribution in [-0.2, 0) is 9.59 Å². The zero-order valence-corrected chi connectivity index (χ0v) is 16.6. The molecule has 3 saturated carbocycles. The van der Waals surface area contributed by atoms with E-state index < -0.39 is 29.5 Å². The minimum atomic E-state index is -1.59. The Balaban J connectivity index is 1.77. The van der Waals surface area contributed by atoms with Crippen molar-refractivity contribution in [3.63, 3.8) is 0 Å². The molecule has 3 fully saturated rings. The molecule has 0 amide bonds. The maximum atomic E-state index is 12.6. The van der Waals surface area contributed by atoms with Crippen LogP contribution in [0.5, 0.6) is 0 Å². The molecule has 0 radical (unpaired) electrons. The molecule has 0 aromatic heterocycles. The van der Waals surface area contributed by atoms with E-state index in [1.54, 1.807) is 0 Å². The molecule has 8 atom stereocenters. The highest BCUT2D eigenvalue weighted by atomic mass is 16.3.